The molecule has 20 heavy (non-hydrogen) atoms. The Morgan fingerprint density at radius 3 is 2.85 bits per heavy atom. The Morgan fingerprint density at radius 1 is 1.50 bits per heavy atom. The minimum atomic E-state index is -3.92. The number of tetrazole rings is 1. The predicted octanol–water partition coefficient (Wildman–Crippen LogP) is 0.250. The maximum Gasteiger partial charge on any atom is 0.241 e. The molecule has 2 rings (SSSR count). The molecule has 2 N–H and O–H groups in total. The molecule has 0 spiro atoms. The average molecular weight is 296 g/mol. The molecule has 0 radical (unpaired) electrons. The minimum Gasteiger partial charge on any atom is -0.207 e. The molecule has 10 heteroatoms. The summed E-state index contributed by atoms with van der Waals surface area (Å²) in [4.78, 5) is -0.217. The fourth-order valence-corrected chi connectivity index (χ4v) is 2.69. The lowest BCUT2D eigenvalue weighted by atomic mass is 10.2. The first-order valence-corrected chi connectivity index (χ1v) is 6.87. The second-order valence-corrected chi connectivity index (χ2v) is 5.58. The molecule has 0 amide bonds. The van der Waals surface area contributed by atoms with Gasteiger partial charge < -0.3 is 0 Å². The first kappa shape index (κ1) is 14.0. The van der Waals surface area contributed by atoms with E-state index >= 15 is 0 Å². The van der Waals surface area contributed by atoms with Crippen LogP contribution in [0.5, 0.6) is 0 Å². The predicted molar refractivity (Wildman–Crippen MR) is 64.0 cm³/mol. The van der Waals surface area contributed by atoms with Crippen LogP contribution in [0.3, 0.4) is 0 Å². The second kappa shape index (κ2) is 5.32. The lowest BCUT2D eigenvalue weighted by molar-refractivity contribution is 0.559. The van der Waals surface area contributed by atoms with E-state index < -0.39 is 21.9 Å². The summed E-state index contributed by atoms with van der Waals surface area (Å²) in [7, 11) is -3.92. The normalized spacial score (nSPS) is 12.8. The molecule has 104 valence electrons. The fourth-order valence-electron chi connectivity index (χ4n) is 1.46. The number of aromatic amines is 1. The summed E-state index contributed by atoms with van der Waals surface area (Å²) < 4.78 is 39.7. The van der Waals surface area contributed by atoms with Gasteiger partial charge in [-0.3, -0.25) is 0 Å². The molecule has 1 atom stereocenters. The van der Waals surface area contributed by atoms with E-state index in [9.17, 15) is 12.8 Å². The zero-order chi connectivity index (χ0) is 14.8. The van der Waals surface area contributed by atoms with Gasteiger partial charge in [0.2, 0.25) is 10.0 Å². The molecule has 0 saturated carbocycles. The van der Waals surface area contributed by atoms with Crippen LogP contribution in [0.2, 0.25) is 0 Å². The van der Waals surface area contributed by atoms with Crippen molar-refractivity contribution in [3.05, 3.63) is 35.4 Å². The lowest BCUT2D eigenvalue weighted by Crippen LogP contribution is -2.27. The van der Waals surface area contributed by atoms with Crippen LogP contribution in [0.25, 0.3) is 0 Å². The lowest BCUT2D eigenvalue weighted by Gasteiger charge is -2.11. The zero-order valence-corrected chi connectivity index (χ0v) is 11.0. The standard InChI is InChI=1S/C10H9FN6O2S/c1-6(10-13-16-17-14-10)15-20(18,19)8-2-3-9(11)7(4-8)5-12/h2-4,6,15H,1H3,(H,13,14,16,17). The number of hydrogen-bond donors (Lipinski definition) is 2. The Morgan fingerprint density at radius 2 is 2.25 bits per heavy atom. The number of sulfonamides is 1. The van der Waals surface area contributed by atoms with Crippen molar-refractivity contribution in [2.45, 2.75) is 17.9 Å². The van der Waals surface area contributed by atoms with E-state index in [4.69, 9.17) is 5.26 Å². The summed E-state index contributed by atoms with van der Waals surface area (Å²) in [5, 5.41) is 21.5. The van der Waals surface area contributed by atoms with Gasteiger partial charge in [0.05, 0.1) is 16.5 Å². The Hall–Kier alpha value is -2.38. The van der Waals surface area contributed by atoms with E-state index in [1.807, 2.05) is 0 Å². The summed E-state index contributed by atoms with van der Waals surface area (Å²) in [6.45, 7) is 1.52. The van der Waals surface area contributed by atoms with Crippen molar-refractivity contribution in [3.63, 3.8) is 0 Å². The van der Waals surface area contributed by atoms with E-state index in [2.05, 4.69) is 25.3 Å². The quantitative estimate of drug-likeness (QED) is 0.833. The van der Waals surface area contributed by atoms with E-state index in [0.717, 1.165) is 18.2 Å². The molecule has 0 aliphatic heterocycles. The van der Waals surface area contributed by atoms with Gasteiger partial charge in [0.15, 0.2) is 5.82 Å². The molecule has 0 saturated heterocycles. The van der Waals surface area contributed by atoms with Crippen LogP contribution in [-0.2, 0) is 10.0 Å². The Balaban J connectivity index is 2.29. The monoisotopic (exact) mass is 296 g/mol. The highest BCUT2D eigenvalue weighted by molar-refractivity contribution is 7.89. The molecule has 8 nitrogen and oxygen atoms in total. The van der Waals surface area contributed by atoms with Gasteiger partial charge in [0.25, 0.3) is 0 Å². The molecule has 0 bridgehead atoms. The number of H-pyrrole nitrogens is 1. The highest BCUT2D eigenvalue weighted by Gasteiger charge is 2.21. The zero-order valence-electron chi connectivity index (χ0n) is 10.2. The van der Waals surface area contributed by atoms with Crippen molar-refractivity contribution >= 4 is 10.0 Å². The SMILES string of the molecule is CC(NS(=O)(=O)c1ccc(F)c(C#N)c1)c1nn[nH]n1. The second-order valence-electron chi connectivity index (χ2n) is 3.87. The van der Waals surface area contributed by atoms with E-state index in [-0.39, 0.29) is 16.3 Å². The summed E-state index contributed by atoms with van der Waals surface area (Å²) >= 11 is 0. The first-order chi connectivity index (χ1) is 9.44. The molecule has 1 unspecified atom stereocenters. The van der Waals surface area contributed by atoms with E-state index in [1.54, 1.807) is 6.07 Å². The van der Waals surface area contributed by atoms with Crippen LogP contribution < -0.4 is 4.72 Å². The molecule has 0 aliphatic carbocycles. The first-order valence-electron chi connectivity index (χ1n) is 5.39. The van der Waals surface area contributed by atoms with Gasteiger partial charge in [-0.2, -0.15) is 10.5 Å². The van der Waals surface area contributed by atoms with Gasteiger partial charge in [0, 0.05) is 0 Å². The number of nitriles is 1. The van der Waals surface area contributed by atoms with Gasteiger partial charge in [-0.15, -0.1) is 10.2 Å². The van der Waals surface area contributed by atoms with Crippen LogP contribution in [-0.4, -0.2) is 29.0 Å². The molecule has 1 aromatic carbocycles. The summed E-state index contributed by atoms with van der Waals surface area (Å²) in [6.07, 6.45) is 0. The molecule has 1 aromatic heterocycles. The van der Waals surface area contributed by atoms with Crippen LogP contribution in [0.15, 0.2) is 23.1 Å². The van der Waals surface area contributed by atoms with Gasteiger partial charge >= 0.3 is 0 Å². The Kier molecular flexibility index (Phi) is 3.73. The number of aromatic nitrogens is 4. The van der Waals surface area contributed by atoms with Crippen LogP contribution in [0.1, 0.15) is 24.4 Å². The third kappa shape index (κ3) is 2.79. The van der Waals surface area contributed by atoms with Gasteiger partial charge in [0.1, 0.15) is 11.9 Å². The molecule has 2 aromatic rings. The topological polar surface area (TPSA) is 124 Å². The smallest absolute Gasteiger partial charge is 0.207 e. The number of hydrogen-bond acceptors (Lipinski definition) is 6. The highest BCUT2D eigenvalue weighted by Crippen LogP contribution is 2.16. The third-order valence-electron chi connectivity index (χ3n) is 2.45. The molecule has 1 heterocycles. The summed E-state index contributed by atoms with van der Waals surface area (Å²) in [5.74, 6) is -0.617. The average Bonchev–Trinajstić information content (AvgIpc) is 2.92. The maximum absolute atomic E-state index is 13.2. The minimum absolute atomic E-state index is 0.163. The van der Waals surface area contributed by atoms with Gasteiger partial charge in [-0.25, -0.2) is 17.5 Å². The van der Waals surface area contributed by atoms with Crippen molar-refractivity contribution in [1.82, 2.24) is 25.3 Å². The van der Waals surface area contributed by atoms with Crippen LogP contribution >= 0.6 is 0 Å². The number of benzene rings is 1. The van der Waals surface area contributed by atoms with Crippen molar-refractivity contribution in [1.29, 1.82) is 5.26 Å². The summed E-state index contributed by atoms with van der Waals surface area (Å²) in [5.41, 5.74) is -0.347. The molecular formula is C10H9FN6O2S. The van der Waals surface area contributed by atoms with Crippen molar-refractivity contribution in [2.75, 3.05) is 0 Å². The Bertz CT molecular complexity index is 753. The number of halogens is 1. The number of rotatable bonds is 4. The third-order valence-corrected chi connectivity index (χ3v) is 3.99. The largest absolute Gasteiger partial charge is 0.241 e. The van der Waals surface area contributed by atoms with Crippen LogP contribution in [0.4, 0.5) is 4.39 Å². The van der Waals surface area contributed by atoms with E-state index in [1.165, 1.54) is 6.92 Å². The highest BCUT2D eigenvalue weighted by atomic mass is 32.2. The van der Waals surface area contributed by atoms with Crippen LogP contribution in [0, 0.1) is 17.1 Å². The summed E-state index contributed by atoms with van der Waals surface area (Å²) in [6, 6.07) is 3.81. The molecule has 0 fully saturated rings. The molecular weight excluding hydrogens is 287 g/mol. The van der Waals surface area contributed by atoms with Gasteiger partial charge in [-0.05, 0) is 25.1 Å². The van der Waals surface area contributed by atoms with Gasteiger partial charge in [-0.1, -0.05) is 5.21 Å². The van der Waals surface area contributed by atoms with Crippen molar-refractivity contribution in [2.24, 2.45) is 0 Å². The van der Waals surface area contributed by atoms with Crippen molar-refractivity contribution in [3.8, 4) is 6.07 Å². The molecule has 0 aliphatic rings. The van der Waals surface area contributed by atoms with Crippen molar-refractivity contribution < 1.29 is 12.8 Å². The fraction of sp³-hybridized carbons (Fsp3) is 0.200. The number of nitrogens with zero attached hydrogens (tertiary/aromatic N) is 4. The Labute approximate surface area is 113 Å². The maximum atomic E-state index is 13.2. The van der Waals surface area contributed by atoms with E-state index in [0.29, 0.717) is 0 Å². The number of nitrogens with one attached hydrogen (secondary N) is 2.